The predicted octanol–water partition coefficient (Wildman–Crippen LogP) is 4.58. The van der Waals surface area contributed by atoms with Crippen molar-refractivity contribution in [3.8, 4) is 11.8 Å². The molecule has 1 fully saturated rings. The summed E-state index contributed by atoms with van der Waals surface area (Å²) in [5, 5.41) is 11.5. The lowest BCUT2D eigenvalue weighted by molar-refractivity contribution is -0.187. The second-order valence-electron chi connectivity index (χ2n) is 6.68. The van der Waals surface area contributed by atoms with Crippen LogP contribution in [-0.4, -0.2) is 18.1 Å². The highest BCUT2D eigenvalue weighted by molar-refractivity contribution is 5.91. The Bertz CT molecular complexity index is 870. The van der Waals surface area contributed by atoms with Gasteiger partial charge in [0.2, 0.25) is 0 Å². The Morgan fingerprint density at radius 1 is 1.21 bits per heavy atom. The summed E-state index contributed by atoms with van der Waals surface area (Å²) in [6.45, 7) is -0.0133. The topological polar surface area (TPSA) is 75.3 Å². The van der Waals surface area contributed by atoms with Gasteiger partial charge in [0.05, 0.1) is 11.5 Å². The highest BCUT2D eigenvalue weighted by Gasteiger charge is 2.46. The summed E-state index contributed by atoms with van der Waals surface area (Å²) in [4.78, 5) is 12.3. The largest absolute Gasteiger partial charge is 0.484 e. The molecule has 1 aliphatic carbocycles. The summed E-state index contributed by atoms with van der Waals surface area (Å²) >= 11 is 0. The minimum Gasteiger partial charge on any atom is -0.484 e. The molecule has 1 heterocycles. The van der Waals surface area contributed by atoms with Crippen LogP contribution in [-0.2, 0) is 6.61 Å². The molecule has 148 valence electrons. The fraction of sp³-hybridized carbons (Fsp3) is 0.400. The van der Waals surface area contributed by atoms with Crippen molar-refractivity contribution in [3.05, 3.63) is 53.5 Å². The number of hydrogen-bond acceptors (Lipinski definition) is 4. The van der Waals surface area contributed by atoms with Gasteiger partial charge in [-0.3, -0.25) is 4.79 Å². The first-order valence-electron chi connectivity index (χ1n) is 8.96. The van der Waals surface area contributed by atoms with E-state index in [9.17, 15) is 18.0 Å². The van der Waals surface area contributed by atoms with Crippen molar-refractivity contribution >= 4 is 5.91 Å². The van der Waals surface area contributed by atoms with Crippen LogP contribution in [0, 0.1) is 17.2 Å². The smallest absolute Gasteiger partial charge is 0.393 e. The molecule has 28 heavy (non-hydrogen) atoms. The molecule has 1 aromatic heterocycles. The van der Waals surface area contributed by atoms with Crippen LogP contribution in [0.15, 0.2) is 40.8 Å². The number of nitriles is 1. The van der Waals surface area contributed by atoms with Crippen molar-refractivity contribution in [1.82, 2.24) is 5.32 Å². The van der Waals surface area contributed by atoms with E-state index < -0.39 is 24.0 Å². The molecule has 1 amide bonds. The number of amides is 1. The second-order valence-corrected chi connectivity index (χ2v) is 6.68. The van der Waals surface area contributed by atoms with Gasteiger partial charge in [0.25, 0.3) is 5.91 Å². The number of carbonyl (C=O) groups is 1. The molecule has 1 saturated carbocycles. The van der Waals surface area contributed by atoms with Crippen LogP contribution >= 0.6 is 0 Å². The lowest BCUT2D eigenvalue weighted by atomic mass is 9.84. The molecule has 0 radical (unpaired) electrons. The van der Waals surface area contributed by atoms with E-state index in [1.165, 1.54) is 12.1 Å². The maximum absolute atomic E-state index is 13.2. The number of para-hydroxylation sites is 1. The number of nitrogens with one attached hydrogen (secondary N) is 1. The van der Waals surface area contributed by atoms with Gasteiger partial charge < -0.3 is 14.5 Å². The van der Waals surface area contributed by atoms with Gasteiger partial charge in [0.1, 0.15) is 24.2 Å². The second kappa shape index (κ2) is 8.38. The van der Waals surface area contributed by atoms with Crippen LogP contribution in [0.2, 0.25) is 0 Å². The Morgan fingerprint density at radius 3 is 2.71 bits per heavy atom. The van der Waals surface area contributed by atoms with Gasteiger partial charge in [-0.25, -0.2) is 0 Å². The van der Waals surface area contributed by atoms with E-state index in [0.717, 1.165) is 0 Å². The Hall–Kier alpha value is -2.95. The molecule has 2 atom stereocenters. The van der Waals surface area contributed by atoms with Gasteiger partial charge in [0, 0.05) is 6.04 Å². The standard InChI is InChI=1S/C20H19F3N2O3/c21-20(22,23)15-6-2-3-7-16(15)25-19(26)18-10-9-14(28-18)12-27-17-8-4-1-5-13(17)11-24/h1,4-5,8-10,15-16H,2-3,6-7,12H2,(H,25,26). The average Bonchev–Trinajstić information content (AvgIpc) is 3.15. The molecular weight excluding hydrogens is 373 g/mol. The molecule has 0 bridgehead atoms. The minimum atomic E-state index is -4.34. The zero-order valence-corrected chi connectivity index (χ0v) is 15.0. The number of carbonyl (C=O) groups excluding carboxylic acids is 1. The molecule has 1 aliphatic rings. The molecule has 2 unspecified atom stereocenters. The van der Waals surface area contributed by atoms with E-state index in [1.54, 1.807) is 24.3 Å². The Balaban J connectivity index is 1.61. The van der Waals surface area contributed by atoms with Crippen LogP contribution < -0.4 is 10.1 Å². The summed E-state index contributed by atoms with van der Waals surface area (Å²) in [7, 11) is 0. The Morgan fingerprint density at radius 2 is 1.96 bits per heavy atom. The number of ether oxygens (including phenoxy) is 1. The summed E-state index contributed by atoms with van der Waals surface area (Å²) < 4.78 is 50.4. The van der Waals surface area contributed by atoms with Gasteiger partial charge in [0.15, 0.2) is 5.76 Å². The number of furan rings is 1. The highest BCUT2D eigenvalue weighted by Crippen LogP contribution is 2.37. The molecule has 0 spiro atoms. The van der Waals surface area contributed by atoms with Crippen LogP contribution in [0.25, 0.3) is 0 Å². The molecular formula is C20H19F3N2O3. The van der Waals surface area contributed by atoms with Gasteiger partial charge in [-0.1, -0.05) is 25.0 Å². The fourth-order valence-corrected chi connectivity index (χ4v) is 3.35. The van der Waals surface area contributed by atoms with Crippen LogP contribution in [0.1, 0.15) is 47.6 Å². The number of halogens is 3. The van der Waals surface area contributed by atoms with E-state index in [4.69, 9.17) is 14.4 Å². The zero-order valence-electron chi connectivity index (χ0n) is 15.0. The first-order valence-corrected chi connectivity index (χ1v) is 8.96. The van der Waals surface area contributed by atoms with E-state index in [-0.39, 0.29) is 25.2 Å². The number of rotatable bonds is 5. The Labute approximate surface area is 160 Å². The number of alkyl halides is 3. The molecule has 3 rings (SSSR count). The average molecular weight is 392 g/mol. The molecule has 8 heteroatoms. The van der Waals surface area contributed by atoms with Crippen molar-refractivity contribution in [2.75, 3.05) is 0 Å². The van der Waals surface area contributed by atoms with Gasteiger partial charge in [-0.2, -0.15) is 18.4 Å². The zero-order chi connectivity index (χ0) is 20.1. The molecule has 2 aromatic rings. The molecule has 5 nitrogen and oxygen atoms in total. The van der Waals surface area contributed by atoms with Crippen molar-refractivity contribution in [1.29, 1.82) is 5.26 Å². The van der Waals surface area contributed by atoms with Crippen LogP contribution in [0.4, 0.5) is 13.2 Å². The lowest BCUT2D eigenvalue weighted by Gasteiger charge is -2.33. The van der Waals surface area contributed by atoms with E-state index >= 15 is 0 Å². The lowest BCUT2D eigenvalue weighted by Crippen LogP contribution is -2.47. The SMILES string of the molecule is N#Cc1ccccc1OCc1ccc(C(=O)NC2CCCCC2C(F)(F)F)o1. The van der Waals surface area contributed by atoms with E-state index in [2.05, 4.69) is 5.32 Å². The van der Waals surface area contributed by atoms with Crippen LogP contribution in [0.5, 0.6) is 5.75 Å². The van der Waals surface area contributed by atoms with Gasteiger partial charge >= 0.3 is 6.18 Å². The normalized spacial score (nSPS) is 19.6. The first kappa shape index (κ1) is 19.8. The van der Waals surface area contributed by atoms with Gasteiger partial charge in [-0.15, -0.1) is 0 Å². The number of benzene rings is 1. The summed E-state index contributed by atoms with van der Waals surface area (Å²) in [5.41, 5.74) is 0.363. The van der Waals surface area contributed by atoms with Crippen molar-refractivity contribution in [2.24, 2.45) is 5.92 Å². The monoisotopic (exact) mass is 392 g/mol. The maximum Gasteiger partial charge on any atom is 0.393 e. The predicted molar refractivity (Wildman–Crippen MR) is 93.5 cm³/mol. The number of nitrogens with zero attached hydrogens (tertiary/aromatic N) is 1. The first-order chi connectivity index (χ1) is 13.4. The van der Waals surface area contributed by atoms with Crippen molar-refractivity contribution in [3.63, 3.8) is 0 Å². The van der Waals surface area contributed by atoms with E-state index in [0.29, 0.717) is 29.9 Å². The highest BCUT2D eigenvalue weighted by atomic mass is 19.4. The minimum absolute atomic E-state index is 0.0133. The third-order valence-electron chi connectivity index (χ3n) is 4.77. The quantitative estimate of drug-likeness (QED) is 0.808. The maximum atomic E-state index is 13.2. The molecule has 1 N–H and O–H groups in total. The van der Waals surface area contributed by atoms with Crippen molar-refractivity contribution in [2.45, 2.75) is 44.5 Å². The molecule has 0 aliphatic heterocycles. The third-order valence-corrected chi connectivity index (χ3v) is 4.77. The van der Waals surface area contributed by atoms with Gasteiger partial charge in [-0.05, 0) is 37.1 Å². The fourth-order valence-electron chi connectivity index (χ4n) is 3.35. The molecule has 0 saturated heterocycles. The summed E-state index contributed by atoms with van der Waals surface area (Å²) in [6, 6.07) is 10.6. The molecule has 1 aromatic carbocycles. The van der Waals surface area contributed by atoms with E-state index in [1.807, 2.05) is 6.07 Å². The Kier molecular flexibility index (Phi) is 5.93. The summed E-state index contributed by atoms with van der Waals surface area (Å²) in [5.74, 6) is -1.58. The third kappa shape index (κ3) is 4.66. The number of hydrogen-bond donors (Lipinski definition) is 1. The van der Waals surface area contributed by atoms with Crippen LogP contribution in [0.3, 0.4) is 0 Å². The van der Waals surface area contributed by atoms with Crippen molar-refractivity contribution < 1.29 is 27.1 Å². The summed E-state index contributed by atoms with van der Waals surface area (Å²) in [6.07, 6.45) is -2.88.